The molecule has 110 valence electrons. The van der Waals surface area contributed by atoms with E-state index in [1.165, 1.54) is 0 Å². The van der Waals surface area contributed by atoms with Crippen LogP contribution in [0.5, 0.6) is 6.01 Å². The van der Waals surface area contributed by atoms with E-state index >= 15 is 0 Å². The number of unbranched alkanes of at least 4 members (excludes halogenated alkanes) is 1. The van der Waals surface area contributed by atoms with Gasteiger partial charge in [-0.05, 0) is 6.42 Å². The predicted octanol–water partition coefficient (Wildman–Crippen LogP) is 2.02. The quantitative estimate of drug-likeness (QED) is 0.590. The van der Waals surface area contributed by atoms with Crippen molar-refractivity contribution in [1.82, 2.24) is 19.5 Å². The van der Waals surface area contributed by atoms with Gasteiger partial charge in [-0.2, -0.15) is 15.0 Å². The van der Waals surface area contributed by atoms with Crippen molar-refractivity contribution in [2.24, 2.45) is 0 Å². The van der Waals surface area contributed by atoms with Crippen LogP contribution in [0.4, 0.5) is 11.8 Å². The Balaban J connectivity index is 2.42. The summed E-state index contributed by atoms with van der Waals surface area (Å²) in [5.41, 5.74) is 7.22. The first-order valence-corrected chi connectivity index (χ1v) is 7.71. The molecule has 2 rings (SSSR count). The summed E-state index contributed by atoms with van der Waals surface area (Å²) < 4.78 is 7.15. The Kier molecular flexibility index (Phi) is 4.99. The fourth-order valence-corrected chi connectivity index (χ4v) is 2.25. The van der Waals surface area contributed by atoms with Crippen molar-refractivity contribution in [3.05, 3.63) is 0 Å². The van der Waals surface area contributed by atoms with Gasteiger partial charge in [-0.3, -0.25) is 4.57 Å². The summed E-state index contributed by atoms with van der Waals surface area (Å²) in [7, 11) is 1.58. The smallest absolute Gasteiger partial charge is 0.298 e. The number of anilines is 2. The third-order valence-electron chi connectivity index (χ3n) is 2.89. The van der Waals surface area contributed by atoms with Crippen LogP contribution >= 0.6 is 15.9 Å². The molecule has 7 nitrogen and oxygen atoms in total. The number of nitrogens with zero attached hydrogens (tertiary/aromatic N) is 4. The van der Waals surface area contributed by atoms with E-state index in [4.69, 9.17) is 10.5 Å². The Morgan fingerprint density at radius 3 is 2.80 bits per heavy atom. The number of methoxy groups -OCH3 is 1. The lowest BCUT2D eigenvalue weighted by atomic mass is 10.3. The maximum atomic E-state index is 5.96. The van der Waals surface area contributed by atoms with Crippen molar-refractivity contribution < 1.29 is 4.74 Å². The number of rotatable bonds is 7. The highest BCUT2D eigenvalue weighted by molar-refractivity contribution is 9.09. The molecule has 0 atom stereocenters. The molecule has 8 heteroatoms. The lowest BCUT2D eigenvalue weighted by Gasteiger charge is -2.07. The molecule has 2 heterocycles. The first kappa shape index (κ1) is 14.8. The molecular formula is C12H19BrN6O. The minimum absolute atomic E-state index is 0.362. The van der Waals surface area contributed by atoms with Gasteiger partial charge >= 0.3 is 0 Å². The number of halogens is 1. The zero-order valence-electron chi connectivity index (χ0n) is 11.7. The summed E-state index contributed by atoms with van der Waals surface area (Å²) in [6.45, 7) is 3.66. The van der Waals surface area contributed by atoms with Crippen LogP contribution in [-0.4, -0.2) is 38.5 Å². The molecule has 0 aromatic carbocycles. The van der Waals surface area contributed by atoms with Gasteiger partial charge in [0.2, 0.25) is 5.95 Å². The highest BCUT2D eigenvalue weighted by Gasteiger charge is 2.16. The van der Waals surface area contributed by atoms with E-state index in [2.05, 4.69) is 43.1 Å². The number of fused-ring (bicyclic) bond motifs is 1. The lowest BCUT2D eigenvalue weighted by Crippen LogP contribution is -2.09. The molecule has 0 saturated heterocycles. The summed E-state index contributed by atoms with van der Waals surface area (Å²) in [6.07, 6.45) is 2.17. The molecule has 0 aliphatic heterocycles. The molecule has 0 aliphatic carbocycles. The second-order valence-electron chi connectivity index (χ2n) is 4.32. The highest BCUT2D eigenvalue weighted by Crippen LogP contribution is 2.24. The number of nitrogens with one attached hydrogen (secondary N) is 1. The Hall–Kier alpha value is -1.57. The fraction of sp³-hybridized carbons (Fsp3) is 0.583. The van der Waals surface area contributed by atoms with Crippen molar-refractivity contribution in [1.29, 1.82) is 0 Å². The Bertz CT molecular complexity index is 585. The maximum Gasteiger partial charge on any atom is 0.298 e. The number of hydrogen-bond acceptors (Lipinski definition) is 6. The summed E-state index contributed by atoms with van der Waals surface area (Å²) in [6, 6.07) is 0.492. The molecule has 0 bridgehead atoms. The van der Waals surface area contributed by atoms with Crippen molar-refractivity contribution in [3.8, 4) is 6.01 Å². The molecule has 3 N–H and O–H groups in total. The number of aromatic nitrogens is 4. The third-order valence-corrected chi connectivity index (χ3v) is 3.25. The van der Waals surface area contributed by atoms with Gasteiger partial charge < -0.3 is 15.8 Å². The van der Waals surface area contributed by atoms with Crippen LogP contribution in [0.15, 0.2) is 0 Å². The van der Waals surface area contributed by atoms with Gasteiger partial charge in [0.15, 0.2) is 17.0 Å². The minimum atomic E-state index is 0.362. The second kappa shape index (κ2) is 6.74. The van der Waals surface area contributed by atoms with Crippen molar-refractivity contribution in [2.75, 3.05) is 30.0 Å². The van der Waals surface area contributed by atoms with Gasteiger partial charge in [0.05, 0.1) is 7.11 Å². The topological polar surface area (TPSA) is 90.9 Å². The average Bonchev–Trinajstić information content (AvgIpc) is 2.79. The van der Waals surface area contributed by atoms with E-state index in [9.17, 15) is 0 Å². The van der Waals surface area contributed by atoms with Crippen LogP contribution in [-0.2, 0) is 6.54 Å². The third kappa shape index (κ3) is 2.95. The first-order chi connectivity index (χ1) is 9.71. The van der Waals surface area contributed by atoms with Crippen LogP contribution < -0.4 is 15.8 Å². The van der Waals surface area contributed by atoms with Gasteiger partial charge in [-0.25, -0.2) is 0 Å². The molecule has 0 spiro atoms. The van der Waals surface area contributed by atoms with Crippen LogP contribution in [0.3, 0.4) is 0 Å². The molecule has 0 radical (unpaired) electrons. The standard InChI is InChI=1S/C12H19BrN6O/c1-3-4-6-15-11-17-9(14)8-10(18-11)19(7-5-13)12(16-8)20-2/h3-7H2,1-2H3,(H3,14,15,17,18). The lowest BCUT2D eigenvalue weighted by molar-refractivity contribution is 0.362. The number of imidazole rings is 1. The zero-order valence-corrected chi connectivity index (χ0v) is 13.3. The SMILES string of the molecule is CCCCNc1nc(N)c2nc(OC)n(CCBr)c2n1. The van der Waals surface area contributed by atoms with E-state index in [1.54, 1.807) is 7.11 Å². The fourth-order valence-electron chi connectivity index (χ4n) is 1.90. The molecule has 2 aromatic heterocycles. The van der Waals surface area contributed by atoms with E-state index in [-0.39, 0.29) is 0 Å². The van der Waals surface area contributed by atoms with Crippen LogP contribution in [0.25, 0.3) is 11.2 Å². The van der Waals surface area contributed by atoms with E-state index in [1.807, 2.05) is 4.57 Å². The van der Waals surface area contributed by atoms with Gasteiger partial charge in [-0.1, -0.05) is 29.3 Å². The van der Waals surface area contributed by atoms with Gasteiger partial charge in [0.25, 0.3) is 6.01 Å². The maximum absolute atomic E-state index is 5.96. The summed E-state index contributed by atoms with van der Waals surface area (Å²) in [5.74, 6) is 0.891. The number of hydrogen-bond donors (Lipinski definition) is 2. The molecule has 20 heavy (non-hydrogen) atoms. The van der Waals surface area contributed by atoms with Crippen LogP contribution in [0, 0.1) is 0 Å². The number of aryl methyl sites for hydroxylation is 1. The second-order valence-corrected chi connectivity index (χ2v) is 5.12. The summed E-state index contributed by atoms with van der Waals surface area (Å²) >= 11 is 3.41. The minimum Gasteiger partial charge on any atom is -0.468 e. The van der Waals surface area contributed by atoms with E-state index < -0.39 is 0 Å². The molecule has 0 saturated carbocycles. The number of alkyl halides is 1. The monoisotopic (exact) mass is 342 g/mol. The molecule has 0 fully saturated rings. The number of nitrogen functional groups attached to an aromatic ring is 1. The van der Waals surface area contributed by atoms with Crippen molar-refractivity contribution in [2.45, 2.75) is 26.3 Å². The number of ether oxygens (including phenoxy) is 1. The largest absolute Gasteiger partial charge is 0.468 e. The zero-order chi connectivity index (χ0) is 14.5. The van der Waals surface area contributed by atoms with E-state index in [0.29, 0.717) is 35.5 Å². The Labute approximate surface area is 126 Å². The first-order valence-electron chi connectivity index (χ1n) is 6.58. The van der Waals surface area contributed by atoms with Crippen LogP contribution in [0.1, 0.15) is 19.8 Å². The molecular weight excluding hydrogens is 324 g/mol. The molecule has 0 amide bonds. The van der Waals surface area contributed by atoms with Crippen molar-refractivity contribution in [3.63, 3.8) is 0 Å². The normalized spacial score (nSPS) is 10.9. The van der Waals surface area contributed by atoms with Crippen LogP contribution in [0.2, 0.25) is 0 Å². The van der Waals surface area contributed by atoms with Gasteiger partial charge in [0.1, 0.15) is 0 Å². The Morgan fingerprint density at radius 1 is 1.35 bits per heavy atom. The molecule has 0 unspecified atom stereocenters. The predicted molar refractivity (Wildman–Crippen MR) is 83.5 cm³/mol. The molecule has 2 aromatic rings. The van der Waals surface area contributed by atoms with Crippen molar-refractivity contribution >= 4 is 38.9 Å². The molecule has 0 aliphatic rings. The highest BCUT2D eigenvalue weighted by atomic mass is 79.9. The summed E-state index contributed by atoms with van der Waals surface area (Å²) in [5, 5.41) is 3.95. The van der Waals surface area contributed by atoms with Gasteiger partial charge in [-0.15, -0.1) is 0 Å². The summed E-state index contributed by atoms with van der Waals surface area (Å²) in [4.78, 5) is 13.1. The van der Waals surface area contributed by atoms with Gasteiger partial charge in [0, 0.05) is 18.4 Å². The Morgan fingerprint density at radius 2 is 2.15 bits per heavy atom. The van der Waals surface area contributed by atoms with E-state index in [0.717, 1.165) is 24.7 Å². The number of nitrogens with two attached hydrogens (primary N) is 1. The average molecular weight is 343 g/mol.